The summed E-state index contributed by atoms with van der Waals surface area (Å²) in [6.45, 7) is 0. The largest absolute Gasteiger partial charge is 0.457 e. The van der Waals surface area contributed by atoms with Crippen LogP contribution >= 0.6 is 0 Å². The first kappa shape index (κ1) is 21.2. The van der Waals surface area contributed by atoms with Crippen LogP contribution in [0, 0.1) is 0 Å². The van der Waals surface area contributed by atoms with E-state index in [0.717, 1.165) is 34.1 Å². The molecule has 0 saturated heterocycles. The summed E-state index contributed by atoms with van der Waals surface area (Å²) in [4.78, 5) is 0. The Balaban J connectivity index is 1.39. The predicted molar refractivity (Wildman–Crippen MR) is 137 cm³/mol. The van der Waals surface area contributed by atoms with Gasteiger partial charge in [-0.3, -0.25) is 0 Å². The minimum atomic E-state index is -0.506. The van der Waals surface area contributed by atoms with Gasteiger partial charge in [0.05, 0.1) is 0 Å². The van der Waals surface area contributed by atoms with Gasteiger partial charge in [-0.05, 0) is 96.2 Å². The minimum absolute atomic E-state index is 0.506. The maximum absolute atomic E-state index is 5.96. The van der Waals surface area contributed by atoms with Crippen molar-refractivity contribution in [2.45, 2.75) is 5.54 Å². The molecule has 0 aliphatic carbocycles. The molecule has 0 amide bonds. The number of ether oxygens (including phenoxy) is 2. The first-order valence-electron chi connectivity index (χ1n) is 11.0. The molecule has 1 aliphatic rings. The van der Waals surface area contributed by atoms with Crippen LogP contribution < -0.4 is 26.3 Å². The van der Waals surface area contributed by atoms with Crippen molar-refractivity contribution in [3.63, 3.8) is 0 Å². The van der Waals surface area contributed by atoms with Gasteiger partial charge < -0.3 is 26.3 Å². The Labute approximate surface area is 198 Å². The Morgan fingerprint density at radius 3 is 1.24 bits per heavy atom. The smallest absolute Gasteiger partial charge is 0.127 e. The van der Waals surface area contributed by atoms with E-state index in [1.165, 1.54) is 0 Å². The van der Waals surface area contributed by atoms with Gasteiger partial charge in [0.1, 0.15) is 28.5 Å². The van der Waals surface area contributed by atoms with Crippen LogP contribution in [-0.4, -0.2) is 0 Å². The molecule has 1 heterocycles. The van der Waals surface area contributed by atoms with E-state index in [2.05, 4.69) is 35.7 Å². The van der Waals surface area contributed by atoms with Crippen molar-refractivity contribution in [2.75, 3.05) is 11.5 Å². The van der Waals surface area contributed by atoms with E-state index in [4.69, 9.17) is 20.9 Å². The molecule has 1 aliphatic heterocycles. The van der Waals surface area contributed by atoms with E-state index in [-0.39, 0.29) is 0 Å². The number of nitrogens with two attached hydrogens (primary N) is 2. The zero-order chi connectivity index (χ0) is 23.4. The lowest BCUT2D eigenvalue weighted by Gasteiger charge is -2.34. The van der Waals surface area contributed by atoms with Gasteiger partial charge in [-0.2, -0.15) is 0 Å². The van der Waals surface area contributed by atoms with Gasteiger partial charge in [0.25, 0.3) is 0 Å². The zero-order valence-corrected chi connectivity index (χ0v) is 18.5. The Bertz CT molecular complexity index is 1220. The summed E-state index contributed by atoms with van der Waals surface area (Å²) in [5.41, 5.74) is 14.6. The number of allylic oxidation sites excluding steroid dienone is 2. The van der Waals surface area contributed by atoms with Gasteiger partial charge in [-0.1, -0.05) is 36.4 Å². The van der Waals surface area contributed by atoms with Crippen molar-refractivity contribution in [2.24, 2.45) is 0 Å². The highest BCUT2D eigenvalue weighted by molar-refractivity contribution is 5.50. The molecule has 5 nitrogen and oxygen atoms in total. The summed E-state index contributed by atoms with van der Waals surface area (Å²) >= 11 is 0. The van der Waals surface area contributed by atoms with E-state index in [1.54, 1.807) is 0 Å². The summed E-state index contributed by atoms with van der Waals surface area (Å²) in [5, 5.41) is 3.54. The lowest BCUT2D eigenvalue weighted by molar-refractivity contribution is 0.480. The van der Waals surface area contributed by atoms with Gasteiger partial charge >= 0.3 is 0 Å². The maximum Gasteiger partial charge on any atom is 0.127 e. The fourth-order valence-corrected chi connectivity index (χ4v) is 3.92. The van der Waals surface area contributed by atoms with Crippen LogP contribution in [0.4, 0.5) is 11.4 Å². The fourth-order valence-electron chi connectivity index (χ4n) is 3.92. The lowest BCUT2D eigenvalue weighted by Crippen LogP contribution is -2.39. The quantitative estimate of drug-likeness (QED) is 0.300. The fraction of sp³-hybridized carbons (Fsp3) is 0.0345. The van der Waals surface area contributed by atoms with E-state index in [9.17, 15) is 0 Å². The number of hydrogen-bond acceptors (Lipinski definition) is 5. The van der Waals surface area contributed by atoms with Gasteiger partial charge in [0.15, 0.2) is 0 Å². The van der Waals surface area contributed by atoms with Crippen molar-refractivity contribution in [3.05, 3.63) is 133 Å². The van der Waals surface area contributed by atoms with Gasteiger partial charge in [0, 0.05) is 11.4 Å². The Morgan fingerprint density at radius 1 is 0.500 bits per heavy atom. The van der Waals surface area contributed by atoms with Crippen molar-refractivity contribution in [3.8, 4) is 23.0 Å². The standard InChI is InChI=1S/C29H25N3O2/c30-23-7-15-27(16-8-23)33-25-11-3-21(4-12-25)29(19-1-2-20-32-29)22-5-13-26(14-6-22)34-28-17-9-24(31)10-18-28/h1-20,32H,30-31H2. The van der Waals surface area contributed by atoms with Crippen LogP contribution in [-0.2, 0) is 5.54 Å². The van der Waals surface area contributed by atoms with Crippen LogP contribution in [0.1, 0.15) is 11.1 Å². The van der Waals surface area contributed by atoms with Crippen LogP contribution in [0.5, 0.6) is 23.0 Å². The highest BCUT2D eigenvalue weighted by atomic mass is 16.5. The molecule has 5 heteroatoms. The van der Waals surface area contributed by atoms with E-state index in [0.29, 0.717) is 11.4 Å². The summed E-state index contributed by atoms with van der Waals surface area (Å²) in [6.07, 6.45) is 8.14. The molecule has 0 radical (unpaired) electrons. The van der Waals surface area contributed by atoms with Crippen molar-refractivity contribution in [1.82, 2.24) is 5.32 Å². The minimum Gasteiger partial charge on any atom is -0.457 e. The number of nitrogens with one attached hydrogen (secondary N) is 1. The molecule has 4 aromatic carbocycles. The molecule has 0 bridgehead atoms. The third-order valence-corrected chi connectivity index (χ3v) is 5.72. The van der Waals surface area contributed by atoms with Crippen LogP contribution in [0.15, 0.2) is 121 Å². The second kappa shape index (κ2) is 9.08. The molecule has 5 rings (SSSR count). The molecule has 0 spiro atoms. The second-order valence-electron chi connectivity index (χ2n) is 8.06. The summed E-state index contributed by atoms with van der Waals surface area (Å²) < 4.78 is 11.9. The lowest BCUT2D eigenvalue weighted by atomic mass is 9.81. The van der Waals surface area contributed by atoms with Crippen LogP contribution in [0.25, 0.3) is 0 Å². The summed E-state index contributed by atoms with van der Waals surface area (Å²) in [6, 6.07) is 30.9. The maximum atomic E-state index is 5.96. The highest BCUT2D eigenvalue weighted by Gasteiger charge is 2.31. The first-order valence-corrected chi connectivity index (χ1v) is 11.0. The van der Waals surface area contributed by atoms with Gasteiger partial charge in [0.2, 0.25) is 0 Å². The second-order valence-corrected chi connectivity index (χ2v) is 8.06. The average molecular weight is 448 g/mol. The number of dihydropyridines is 1. The van der Waals surface area contributed by atoms with E-state index in [1.807, 2.05) is 91.1 Å². The number of rotatable bonds is 6. The summed E-state index contributed by atoms with van der Waals surface area (Å²) in [5.74, 6) is 3.00. The molecular formula is C29H25N3O2. The van der Waals surface area contributed by atoms with Crippen molar-refractivity contribution >= 4 is 11.4 Å². The third-order valence-electron chi connectivity index (χ3n) is 5.72. The van der Waals surface area contributed by atoms with Gasteiger partial charge in [-0.15, -0.1) is 0 Å². The number of anilines is 2. The number of hydrogen-bond donors (Lipinski definition) is 3. The van der Waals surface area contributed by atoms with Crippen molar-refractivity contribution in [1.29, 1.82) is 0 Å². The third kappa shape index (κ3) is 4.45. The normalized spacial score (nSPS) is 13.8. The first-order chi connectivity index (χ1) is 16.6. The molecule has 34 heavy (non-hydrogen) atoms. The Hall–Kier alpha value is -4.64. The molecule has 168 valence electrons. The molecule has 5 N–H and O–H groups in total. The molecule has 0 atom stereocenters. The topological polar surface area (TPSA) is 82.5 Å². The van der Waals surface area contributed by atoms with Gasteiger partial charge in [-0.25, -0.2) is 0 Å². The Kier molecular flexibility index (Phi) is 5.67. The monoisotopic (exact) mass is 447 g/mol. The predicted octanol–water partition coefficient (Wildman–Crippen LogP) is 6.35. The SMILES string of the molecule is Nc1ccc(Oc2ccc(C3(c4ccc(Oc5ccc(N)cc5)cc4)C=CC=CN3)cc2)cc1. The highest BCUT2D eigenvalue weighted by Crippen LogP contribution is 2.36. The molecule has 0 unspecified atom stereocenters. The van der Waals surface area contributed by atoms with Crippen molar-refractivity contribution < 1.29 is 9.47 Å². The van der Waals surface area contributed by atoms with Crippen LogP contribution in [0.3, 0.4) is 0 Å². The molecule has 4 aromatic rings. The molecular weight excluding hydrogens is 422 g/mol. The Morgan fingerprint density at radius 2 is 0.882 bits per heavy atom. The summed E-state index contributed by atoms with van der Waals surface area (Å²) in [7, 11) is 0. The molecule has 0 fully saturated rings. The van der Waals surface area contributed by atoms with E-state index < -0.39 is 5.54 Å². The molecule has 0 saturated carbocycles. The van der Waals surface area contributed by atoms with E-state index >= 15 is 0 Å². The number of benzene rings is 4. The average Bonchev–Trinajstić information content (AvgIpc) is 2.88. The number of nitrogen functional groups attached to an aromatic ring is 2. The zero-order valence-electron chi connectivity index (χ0n) is 18.5. The molecule has 0 aromatic heterocycles. The van der Waals surface area contributed by atoms with Crippen LogP contribution in [0.2, 0.25) is 0 Å².